The molecule has 0 amide bonds. The predicted octanol–water partition coefficient (Wildman–Crippen LogP) is 3.51. The van der Waals surface area contributed by atoms with Crippen molar-refractivity contribution in [3.05, 3.63) is 51.2 Å². The van der Waals surface area contributed by atoms with E-state index in [9.17, 15) is 5.11 Å². The van der Waals surface area contributed by atoms with Crippen molar-refractivity contribution in [2.75, 3.05) is 39.8 Å². The van der Waals surface area contributed by atoms with Crippen LogP contribution in [0.1, 0.15) is 16.5 Å². The average Bonchev–Trinajstić information content (AvgIpc) is 3.10. The number of halogens is 1. The Morgan fingerprint density at radius 2 is 2.08 bits per heavy atom. The van der Waals surface area contributed by atoms with Gasteiger partial charge in [0.1, 0.15) is 5.75 Å². The van der Waals surface area contributed by atoms with Crippen LogP contribution in [0, 0.1) is 0 Å². The van der Waals surface area contributed by atoms with Gasteiger partial charge in [-0.05, 0) is 36.7 Å². The maximum absolute atomic E-state index is 9.90. The van der Waals surface area contributed by atoms with Gasteiger partial charge >= 0.3 is 0 Å². The van der Waals surface area contributed by atoms with E-state index in [4.69, 9.17) is 11.6 Å². The molecule has 24 heavy (non-hydrogen) atoms. The first-order chi connectivity index (χ1) is 11.6. The van der Waals surface area contributed by atoms with Gasteiger partial charge in [0, 0.05) is 47.9 Å². The molecule has 1 fully saturated rings. The molecule has 1 aliphatic rings. The Bertz CT molecular complexity index is 682. The van der Waals surface area contributed by atoms with Crippen LogP contribution in [0.4, 0.5) is 0 Å². The third-order valence-corrected chi connectivity index (χ3v) is 5.56. The molecular formula is C18H22ClN3OS. The number of phenolic OH excluding ortho intramolecular Hbond substituents is 1. The molecule has 1 aliphatic heterocycles. The first-order valence-corrected chi connectivity index (χ1v) is 9.33. The maximum Gasteiger partial charge on any atom is 0.124 e. The van der Waals surface area contributed by atoms with Crippen molar-refractivity contribution in [1.29, 1.82) is 0 Å². The zero-order valence-corrected chi connectivity index (χ0v) is 15.3. The van der Waals surface area contributed by atoms with Crippen LogP contribution in [0.2, 0.25) is 5.02 Å². The number of piperazine rings is 1. The predicted molar refractivity (Wildman–Crippen MR) is 102 cm³/mol. The Labute approximate surface area is 152 Å². The van der Waals surface area contributed by atoms with Crippen LogP contribution in [-0.4, -0.2) is 60.9 Å². The van der Waals surface area contributed by atoms with E-state index >= 15 is 0 Å². The SMILES string of the molecule is CN1CCN([C@@H](CN=Cc2cc(Cl)ccc2O)c2cccs2)CC1. The number of nitrogens with zero attached hydrogens (tertiary/aromatic N) is 3. The largest absolute Gasteiger partial charge is 0.507 e. The van der Waals surface area contributed by atoms with Crippen molar-refractivity contribution < 1.29 is 5.11 Å². The summed E-state index contributed by atoms with van der Waals surface area (Å²) in [6.45, 7) is 4.95. The highest BCUT2D eigenvalue weighted by atomic mass is 35.5. The normalized spacial score (nSPS) is 18.2. The van der Waals surface area contributed by atoms with Crippen molar-refractivity contribution in [3.8, 4) is 5.75 Å². The van der Waals surface area contributed by atoms with Crippen LogP contribution in [-0.2, 0) is 0 Å². The first-order valence-electron chi connectivity index (χ1n) is 8.08. The summed E-state index contributed by atoms with van der Waals surface area (Å²) < 4.78 is 0. The summed E-state index contributed by atoms with van der Waals surface area (Å²) in [4.78, 5) is 10.8. The smallest absolute Gasteiger partial charge is 0.124 e. The van der Waals surface area contributed by atoms with Gasteiger partial charge in [-0.2, -0.15) is 0 Å². The molecule has 0 spiro atoms. The number of thiophene rings is 1. The molecule has 4 nitrogen and oxygen atoms in total. The first kappa shape index (κ1) is 17.4. The molecule has 1 atom stereocenters. The van der Waals surface area contributed by atoms with Crippen LogP contribution in [0.15, 0.2) is 40.7 Å². The maximum atomic E-state index is 9.90. The molecule has 0 bridgehead atoms. The van der Waals surface area contributed by atoms with Crippen molar-refractivity contribution in [2.24, 2.45) is 4.99 Å². The number of phenols is 1. The number of likely N-dealkylation sites (N-methyl/N-ethyl adjacent to an activating group) is 1. The number of aromatic hydroxyl groups is 1. The van der Waals surface area contributed by atoms with E-state index in [1.54, 1.807) is 35.8 Å². The van der Waals surface area contributed by atoms with Crippen LogP contribution in [0.5, 0.6) is 5.75 Å². The fraction of sp³-hybridized carbons (Fsp3) is 0.389. The Morgan fingerprint density at radius 1 is 1.29 bits per heavy atom. The molecule has 128 valence electrons. The Balaban J connectivity index is 1.72. The highest BCUT2D eigenvalue weighted by Gasteiger charge is 2.24. The second-order valence-corrected chi connectivity index (χ2v) is 7.48. The summed E-state index contributed by atoms with van der Waals surface area (Å²) in [5.41, 5.74) is 0.658. The zero-order valence-electron chi connectivity index (χ0n) is 13.7. The van der Waals surface area contributed by atoms with Gasteiger partial charge in [-0.1, -0.05) is 17.7 Å². The average molecular weight is 364 g/mol. The van der Waals surface area contributed by atoms with Crippen LogP contribution in [0.3, 0.4) is 0 Å². The van der Waals surface area contributed by atoms with Crippen LogP contribution < -0.4 is 0 Å². The fourth-order valence-corrected chi connectivity index (χ4v) is 3.91. The lowest BCUT2D eigenvalue weighted by Crippen LogP contribution is -2.46. The molecule has 1 N–H and O–H groups in total. The van der Waals surface area contributed by atoms with E-state index in [0.717, 1.165) is 26.2 Å². The van der Waals surface area contributed by atoms with Crippen LogP contribution >= 0.6 is 22.9 Å². The molecule has 2 heterocycles. The third-order valence-electron chi connectivity index (χ3n) is 4.35. The molecule has 6 heteroatoms. The highest BCUT2D eigenvalue weighted by molar-refractivity contribution is 7.10. The lowest BCUT2D eigenvalue weighted by Gasteiger charge is -2.37. The Morgan fingerprint density at radius 3 is 2.79 bits per heavy atom. The van der Waals surface area contributed by atoms with Gasteiger partial charge in [0.15, 0.2) is 0 Å². The number of aliphatic imine (C=N–C) groups is 1. The van der Waals surface area contributed by atoms with Gasteiger partial charge in [0.25, 0.3) is 0 Å². The Hall–Kier alpha value is -1.40. The zero-order chi connectivity index (χ0) is 16.9. The third kappa shape index (κ3) is 4.36. The molecule has 2 aromatic rings. The van der Waals surface area contributed by atoms with Gasteiger partial charge in [-0.25, -0.2) is 0 Å². The molecular weight excluding hydrogens is 342 g/mol. The van der Waals surface area contributed by atoms with E-state index in [-0.39, 0.29) is 11.8 Å². The summed E-state index contributed by atoms with van der Waals surface area (Å²) in [6, 6.07) is 9.57. The number of hydrogen-bond donors (Lipinski definition) is 1. The van der Waals surface area contributed by atoms with E-state index in [1.165, 1.54) is 4.88 Å². The van der Waals surface area contributed by atoms with Gasteiger partial charge < -0.3 is 10.0 Å². The minimum atomic E-state index is 0.204. The number of benzene rings is 1. The van der Waals surface area contributed by atoms with Crippen molar-refractivity contribution in [1.82, 2.24) is 9.80 Å². The molecule has 1 aromatic carbocycles. The molecule has 1 saturated heterocycles. The minimum Gasteiger partial charge on any atom is -0.507 e. The second kappa shape index (κ2) is 8.12. The molecule has 0 aliphatic carbocycles. The summed E-state index contributed by atoms with van der Waals surface area (Å²) in [6.07, 6.45) is 1.72. The van der Waals surface area contributed by atoms with Crippen molar-refractivity contribution in [3.63, 3.8) is 0 Å². The number of hydrogen-bond acceptors (Lipinski definition) is 5. The van der Waals surface area contributed by atoms with E-state index in [2.05, 4.69) is 39.4 Å². The highest BCUT2D eigenvalue weighted by Crippen LogP contribution is 2.27. The molecule has 0 saturated carbocycles. The lowest BCUT2D eigenvalue weighted by atomic mass is 10.1. The van der Waals surface area contributed by atoms with Crippen molar-refractivity contribution >= 4 is 29.2 Å². The standard InChI is InChI=1S/C18H22ClN3OS/c1-21-6-8-22(9-7-21)16(18-3-2-10-24-18)13-20-12-14-11-15(19)4-5-17(14)23/h2-5,10-12,16,23H,6-9,13H2,1H3/t16-/m0/s1. The van der Waals surface area contributed by atoms with Crippen LogP contribution in [0.25, 0.3) is 0 Å². The second-order valence-electron chi connectivity index (χ2n) is 6.07. The molecule has 0 unspecified atom stereocenters. The summed E-state index contributed by atoms with van der Waals surface area (Å²) in [5, 5.41) is 12.6. The fourth-order valence-electron chi connectivity index (χ4n) is 2.88. The van der Waals surface area contributed by atoms with Crippen molar-refractivity contribution in [2.45, 2.75) is 6.04 Å². The summed E-state index contributed by atoms with van der Waals surface area (Å²) >= 11 is 7.77. The lowest BCUT2D eigenvalue weighted by molar-refractivity contribution is 0.116. The van der Waals surface area contributed by atoms with Gasteiger partial charge in [-0.3, -0.25) is 9.89 Å². The Kier molecular flexibility index (Phi) is 5.89. The molecule has 1 aromatic heterocycles. The van der Waals surface area contributed by atoms with E-state index in [1.807, 2.05) is 0 Å². The summed E-state index contributed by atoms with van der Waals surface area (Å²) in [5.74, 6) is 0.204. The monoisotopic (exact) mass is 363 g/mol. The number of rotatable bonds is 5. The van der Waals surface area contributed by atoms with E-state index in [0.29, 0.717) is 17.1 Å². The molecule has 0 radical (unpaired) electrons. The quantitative estimate of drug-likeness (QED) is 0.826. The summed E-state index contributed by atoms with van der Waals surface area (Å²) in [7, 11) is 2.16. The van der Waals surface area contributed by atoms with Gasteiger partial charge in [0.2, 0.25) is 0 Å². The van der Waals surface area contributed by atoms with Gasteiger partial charge in [0.05, 0.1) is 12.6 Å². The van der Waals surface area contributed by atoms with Gasteiger partial charge in [-0.15, -0.1) is 11.3 Å². The molecule has 3 rings (SSSR count). The minimum absolute atomic E-state index is 0.204. The topological polar surface area (TPSA) is 39.1 Å². The van der Waals surface area contributed by atoms with E-state index < -0.39 is 0 Å².